The van der Waals surface area contributed by atoms with Crippen LogP contribution in [0.2, 0.25) is 0 Å². The van der Waals surface area contributed by atoms with Crippen molar-refractivity contribution in [3.8, 4) is 45.5 Å². The van der Waals surface area contributed by atoms with Crippen LogP contribution in [0.5, 0.6) is 23.0 Å². The van der Waals surface area contributed by atoms with Crippen molar-refractivity contribution in [2.45, 2.75) is 0 Å². The number of ether oxygens (including phenoxy) is 2. The molecule has 0 aliphatic rings. The normalized spacial score (nSPS) is 10.5. The fraction of sp³-hybridized carbons (Fsp3) is 0.111. The molecule has 0 aliphatic carbocycles. The van der Waals surface area contributed by atoms with Gasteiger partial charge >= 0.3 is 0 Å². The summed E-state index contributed by atoms with van der Waals surface area (Å²) in [5.74, 6) is 1.05. The molecule has 1 heterocycles. The molecule has 0 saturated carbocycles. The van der Waals surface area contributed by atoms with E-state index in [0.717, 1.165) is 22.5 Å². The number of nitrogens with one attached hydrogen (secondary N) is 1. The maximum absolute atomic E-state index is 9.68. The fourth-order valence-corrected chi connectivity index (χ4v) is 2.42. The molecule has 1 aromatic heterocycles. The highest BCUT2D eigenvalue weighted by Gasteiger charge is 2.09. The first-order chi connectivity index (χ1) is 11.1. The van der Waals surface area contributed by atoms with Crippen LogP contribution >= 0.6 is 0 Å². The minimum Gasteiger partial charge on any atom is -0.504 e. The van der Waals surface area contributed by atoms with E-state index in [1.165, 1.54) is 14.2 Å². The van der Waals surface area contributed by atoms with Gasteiger partial charge in [0.2, 0.25) is 0 Å². The third kappa shape index (κ3) is 2.81. The summed E-state index contributed by atoms with van der Waals surface area (Å²) in [6.07, 6.45) is 0. The smallest absolute Gasteiger partial charge is 0.161 e. The average molecular weight is 311 g/mol. The van der Waals surface area contributed by atoms with Gasteiger partial charge in [-0.25, -0.2) is 0 Å². The van der Waals surface area contributed by atoms with Crippen molar-refractivity contribution in [1.82, 2.24) is 4.98 Å². The van der Waals surface area contributed by atoms with E-state index in [9.17, 15) is 10.2 Å². The fourth-order valence-electron chi connectivity index (χ4n) is 2.42. The molecule has 3 N–H and O–H groups in total. The van der Waals surface area contributed by atoms with E-state index >= 15 is 0 Å². The Morgan fingerprint density at radius 2 is 1.13 bits per heavy atom. The number of H-pyrrole nitrogens is 1. The standard InChI is InChI=1S/C18H17NO4/c1-22-17-9-11(3-7-15(17)20)13-5-6-14(19-13)12-4-8-16(21)18(10-12)23-2/h3-10,19-21H,1-2H3. The van der Waals surface area contributed by atoms with Gasteiger partial charge in [-0.1, -0.05) is 0 Å². The van der Waals surface area contributed by atoms with Gasteiger partial charge in [0.05, 0.1) is 14.2 Å². The highest BCUT2D eigenvalue weighted by Crippen LogP contribution is 2.34. The second kappa shape index (κ2) is 5.96. The molecule has 0 spiro atoms. The number of phenols is 2. The summed E-state index contributed by atoms with van der Waals surface area (Å²) in [4.78, 5) is 3.31. The molecule has 0 atom stereocenters. The maximum Gasteiger partial charge on any atom is 0.161 e. The number of hydrogen-bond acceptors (Lipinski definition) is 4. The molecule has 3 rings (SSSR count). The zero-order valence-corrected chi connectivity index (χ0v) is 12.8. The Balaban J connectivity index is 1.97. The summed E-state index contributed by atoms with van der Waals surface area (Å²) < 4.78 is 10.3. The number of rotatable bonds is 4. The van der Waals surface area contributed by atoms with Gasteiger partial charge in [0.1, 0.15) is 0 Å². The van der Waals surface area contributed by atoms with Gasteiger partial charge in [-0.15, -0.1) is 0 Å². The molecular formula is C18H17NO4. The van der Waals surface area contributed by atoms with Gasteiger partial charge in [-0.2, -0.15) is 0 Å². The molecule has 0 unspecified atom stereocenters. The molecule has 0 fully saturated rings. The Bertz CT molecular complexity index is 771. The van der Waals surface area contributed by atoms with E-state index in [0.29, 0.717) is 11.5 Å². The van der Waals surface area contributed by atoms with Crippen molar-refractivity contribution in [3.63, 3.8) is 0 Å². The summed E-state index contributed by atoms with van der Waals surface area (Å²) >= 11 is 0. The van der Waals surface area contributed by atoms with Crippen molar-refractivity contribution in [2.75, 3.05) is 14.2 Å². The minimum atomic E-state index is 0.103. The second-order valence-corrected chi connectivity index (χ2v) is 5.06. The Morgan fingerprint density at radius 3 is 1.52 bits per heavy atom. The first kappa shape index (κ1) is 14.8. The van der Waals surface area contributed by atoms with E-state index in [-0.39, 0.29) is 11.5 Å². The Labute approximate surface area is 133 Å². The maximum atomic E-state index is 9.68. The van der Waals surface area contributed by atoms with Crippen LogP contribution < -0.4 is 9.47 Å². The van der Waals surface area contributed by atoms with Gasteiger partial charge in [0.25, 0.3) is 0 Å². The lowest BCUT2D eigenvalue weighted by atomic mass is 10.1. The number of aromatic hydroxyl groups is 2. The molecule has 0 amide bonds. The van der Waals surface area contributed by atoms with Crippen molar-refractivity contribution in [2.24, 2.45) is 0 Å². The lowest BCUT2D eigenvalue weighted by molar-refractivity contribution is 0.373. The van der Waals surface area contributed by atoms with Crippen LogP contribution in [0.4, 0.5) is 0 Å². The molecule has 0 bridgehead atoms. The first-order valence-corrected chi connectivity index (χ1v) is 7.06. The number of benzene rings is 2. The number of aromatic amines is 1. The highest BCUT2D eigenvalue weighted by molar-refractivity contribution is 5.71. The van der Waals surface area contributed by atoms with Gasteiger partial charge in [0.15, 0.2) is 23.0 Å². The van der Waals surface area contributed by atoms with Gasteiger partial charge in [-0.3, -0.25) is 0 Å². The van der Waals surface area contributed by atoms with Gasteiger partial charge < -0.3 is 24.7 Å². The lowest BCUT2D eigenvalue weighted by Crippen LogP contribution is -1.86. The Kier molecular flexibility index (Phi) is 3.85. The van der Waals surface area contributed by atoms with E-state index in [1.807, 2.05) is 24.3 Å². The predicted molar refractivity (Wildman–Crippen MR) is 88.1 cm³/mol. The highest BCUT2D eigenvalue weighted by atomic mass is 16.5. The molecule has 2 aromatic carbocycles. The van der Waals surface area contributed by atoms with Gasteiger partial charge in [0, 0.05) is 22.5 Å². The minimum absolute atomic E-state index is 0.103. The third-order valence-corrected chi connectivity index (χ3v) is 3.67. The Hall–Kier alpha value is -3.08. The topological polar surface area (TPSA) is 74.7 Å². The van der Waals surface area contributed by atoms with Crippen LogP contribution in [0.15, 0.2) is 48.5 Å². The van der Waals surface area contributed by atoms with E-state index in [1.54, 1.807) is 24.3 Å². The van der Waals surface area contributed by atoms with Crippen LogP contribution in [-0.2, 0) is 0 Å². The molecule has 0 radical (unpaired) electrons. The summed E-state index contributed by atoms with van der Waals surface area (Å²) in [6.45, 7) is 0. The zero-order chi connectivity index (χ0) is 16.4. The number of methoxy groups -OCH3 is 2. The summed E-state index contributed by atoms with van der Waals surface area (Å²) in [5.41, 5.74) is 3.59. The number of phenolic OH excluding ortho intramolecular Hbond substituents is 2. The van der Waals surface area contributed by atoms with E-state index in [2.05, 4.69) is 4.98 Å². The molecule has 118 valence electrons. The summed E-state index contributed by atoms with van der Waals surface area (Å²) in [5, 5.41) is 19.4. The summed E-state index contributed by atoms with van der Waals surface area (Å²) in [6, 6.07) is 14.2. The third-order valence-electron chi connectivity index (χ3n) is 3.67. The van der Waals surface area contributed by atoms with Crippen molar-refractivity contribution in [1.29, 1.82) is 0 Å². The zero-order valence-electron chi connectivity index (χ0n) is 12.8. The Morgan fingerprint density at radius 1 is 0.696 bits per heavy atom. The second-order valence-electron chi connectivity index (χ2n) is 5.06. The van der Waals surface area contributed by atoms with Crippen molar-refractivity contribution >= 4 is 0 Å². The number of hydrogen-bond donors (Lipinski definition) is 3. The van der Waals surface area contributed by atoms with Crippen LogP contribution in [0.3, 0.4) is 0 Å². The largest absolute Gasteiger partial charge is 0.504 e. The van der Waals surface area contributed by atoms with E-state index in [4.69, 9.17) is 9.47 Å². The van der Waals surface area contributed by atoms with Crippen LogP contribution in [-0.4, -0.2) is 29.4 Å². The molecule has 5 heteroatoms. The quantitative estimate of drug-likeness (QED) is 0.685. The summed E-state index contributed by atoms with van der Waals surface area (Å²) in [7, 11) is 3.03. The average Bonchev–Trinajstić information content (AvgIpc) is 3.05. The van der Waals surface area contributed by atoms with Crippen LogP contribution in [0.25, 0.3) is 22.5 Å². The molecule has 3 aromatic rings. The van der Waals surface area contributed by atoms with Crippen molar-refractivity contribution < 1.29 is 19.7 Å². The molecule has 23 heavy (non-hydrogen) atoms. The molecule has 5 nitrogen and oxygen atoms in total. The first-order valence-electron chi connectivity index (χ1n) is 7.06. The molecular weight excluding hydrogens is 294 g/mol. The van der Waals surface area contributed by atoms with Gasteiger partial charge in [-0.05, 0) is 48.5 Å². The van der Waals surface area contributed by atoms with Crippen LogP contribution in [0, 0.1) is 0 Å². The SMILES string of the molecule is COc1cc(-c2ccc(-c3ccc(O)c(OC)c3)[nH]2)ccc1O. The van der Waals surface area contributed by atoms with Crippen LogP contribution in [0.1, 0.15) is 0 Å². The number of aromatic nitrogens is 1. The molecule has 0 saturated heterocycles. The van der Waals surface area contributed by atoms with Crippen molar-refractivity contribution in [3.05, 3.63) is 48.5 Å². The lowest BCUT2D eigenvalue weighted by Gasteiger charge is -2.06. The molecule has 0 aliphatic heterocycles. The predicted octanol–water partition coefficient (Wildman–Crippen LogP) is 3.78. The monoisotopic (exact) mass is 311 g/mol. The van der Waals surface area contributed by atoms with E-state index < -0.39 is 0 Å².